The molecule has 2 atom stereocenters. The maximum Gasteiger partial charge on any atom is 0.416 e. The number of aromatic nitrogens is 3. The Bertz CT molecular complexity index is 1210. The summed E-state index contributed by atoms with van der Waals surface area (Å²) in [5.41, 5.74) is 1.86. The molecule has 1 saturated carbocycles. The fraction of sp³-hybridized carbons (Fsp3) is 0.417. The summed E-state index contributed by atoms with van der Waals surface area (Å²) in [6, 6.07) is 11.3. The van der Waals surface area contributed by atoms with E-state index in [9.17, 15) is 10.1 Å². The lowest BCUT2D eigenvalue weighted by Crippen LogP contribution is -2.45. The summed E-state index contributed by atoms with van der Waals surface area (Å²) in [6.45, 7) is 3.48. The number of hydrogen-bond acceptors (Lipinski definition) is 6. The summed E-state index contributed by atoms with van der Waals surface area (Å²) < 4.78 is 13.3. The Labute approximate surface area is 186 Å². The molecular weight excluding hydrogens is 406 g/mol. The van der Waals surface area contributed by atoms with Gasteiger partial charge in [-0.05, 0) is 61.4 Å². The minimum Gasteiger partial charge on any atom is -0.495 e. The van der Waals surface area contributed by atoms with Crippen LogP contribution in [0.1, 0.15) is 38.2 Å². The van der Waals surface area contributed by atoms with Crippen LogP contribution < -0.4 is 9.64 Å². The third kappa shape index (κ3) is 3.54. The number of hydrogen-bond donors (Lipinski definition) is 0. The van der Waals surface area contributed by atoms with Crippen LogP contribution in [0.2, 0.25) is 0 Å². The van der Waals surface area contributed by atoms with Crippen molar-refractivity contribution >= 4 is 22.9 Å². The smallest absolute Gasteiger partial charge is 0.416 e. The lowest BCUT2D eigenvalue weighted by atomic mass is 9.68. The van der Waals surface area contributed by atoms with Gasteiger partial charge in [0.1, 0.15) is 17.2 Å². The monoisotopic (exact) mass is 431 g/mol. The first-order chi connectivity index (χ1) is 15.4. The molecule has 8 nitrogen and oxygen atoms in total. The van der Waals surface area contributed by atoms with Gasteiger partial charge in [-0.25, -0.2) is 14.8 Å². The van der Waals surface area contributed by atoms with Crippen molar-refractivity contribution in [3.05, 3.63) is 48.4 Å². The topological polar surface area (TPSA) is 93.3 Å². The Morgan fingerprint density at radius 3 is 2.88 bits per heavy atom. The zero-order valence-corrected chi connectivity index (χ0v) is 18.2. The van der Waals surface area contributed by atoms with Crippen LogP contribution in [0.25, 0.3) is 11.0 Å². The van der Waals surface area contributed by atoms with Crippen molar-refractivity contribution in [3.8, 4) is 11.8 Å². The van der Waals surface area contributed by atoms with E-state index in [2.05, 4.69) is 27.5 Å². The van der Waals surface area contributed by atoms with Gasteiger partial charge in [-0.3, -0.25) is 4.90 Å². The van der Waals surface area contributed by atoms with E-state index >= 15 is 0 Å². The summed E-state index contributed by atoms with van der Waals surface area (Å²) in [5.74, 6) is 1.22. The van der Waals surface area contributed by atoms with E-state index in [1.807, 2.05) is 18.5 Å². The summed E-state index contributed by atoms with van der Waals surface area (Å²) in [4.78, 5) is 23.3. The fourth-order valence-electron chi connectivity index (χ4n) is 5.27. The summed E-state index contributed by atoms with van der Waals surface area (Å²) >= 11 is 0. The second kappa shape index (κ2) is 7.52. The average Bonchev–Trinajstić information content (AvgIpc) is 3.33. The molecule has 3 heterocycles. The predicted octanol–water partition coefficient (Wildman–Crippen LogP) is 4.29. The standard InChI is InChI=1S/C24H25N5O3/c1-23(14-28-16-27-19-6-4-17(11-25)10-20(19)28)8-3-9-24(13-23)15-29(22(30)32-24)21-7-5-18(31-2)12-26-21/h4-7,10,12,16H,3,8-9,13-15H2,1-2H3. The lowest BCUT2D eigenvalue weighted by molar-refractivity contribution is -0.0264. The van der Waals surface area contributed by atoms with Gasteiger partial charge in [0.2, 0.25) is 0 Å². The van der Waals surface area contributed by atoms with Crippen LogP contribution in [-0.2, 0) is 11.3 Å². The van der Waals surface area contributed by atoms with Gasteiger partial charge in [0.15, 0.2) is 0 Å². The molecule has 0 radical (unpaired) electrons. The zero-order valence-electron chi connectivity index (χ0n) is 18.2. The first-order valence-electron chi connectivity index (χ1n) is 10.8. The predicted molar refractivity (Wildman–Crippen MR) is 118 cm³/mol. The Morgan fingerprint density at radius 1 is 1.25 bits per heavy atom. The van der Waals surface area contributed by atoms with Gasteiger partial charge in [-0.15, -0.1) is 0 Å². The lowest BCUT2D eigenvalue weighted by Gasteiger charge is -2.43. The second-order valence-corrected chi connectivity index (χ2v) is 9.22. The van der Waals surface area contributed by atoms with E-state index in [1.54, 1.807) is 36.4 Å². The number of nitriles is 1. The largest absolute Gasteiger partial charge is 0.495 e. The summed E-state index contributed by atoms with van der Waals surface area (Å²) in [5, 5.41) is 9.27. The summed E-state index contributed by atoms with van der Waals surface area (Å²) in [7, 11) is 1.59. The van der Waals surface area contributed by atoms with Crippen molar-refractivity contribution in [1.82, 2.24) is 14.5 Å². The number of pyridine rings is 1. The molecule has 2 fully saturated rings. The number of carbonyl (C=O) groups excluding carboxylic acids is 1. The first kappa shape index (κ1) is 20.3. The Hall–Kier alpha value is -3.60. The fourth-order valence-corrected chi connectivity index (χ4v) is 5.27. The molecule has 1 aliphatic carbocycles. The number of amides is 1. The number of imidazole rings is 1. The van der Waals surface area contributed by atoms with Crippen molar-refractivity contribution in [1.29, 1.82) is 5.26 Å². The van der Waals surface area contributed by atoms with Crippen molar-refractivity contribution in [2.45, 2.75) is 44.8 Å². The third-order valence-electron chi connectivity index (χ3n) is 6.67. The molecule has 2 unspecified atom stereocenters. The number of carbonyl (C=O) groups is 1. The average molecular weight is 431 g/mol. The SMILES string of the molecule is COc1ccc(N2CC3(CCCC(C)(Cn4cnc5ccc(C#N)cc54)C3)OC2=O)nc1. The van der Waals surface area contributed by atoms with Crippen molar-refractivity contribution < 1.29 is 14.3 Å². The number of fused-ring (bicyclic) bond motifs is 1. The third-order valence-corrected chi connectivity index (χ3v) is 6.67. The highest BCUT2D eigenvalue weighted by Gasteiger charge is 2.52. The van der Waals surface area contributed by atoms with Gasteiger partial charge in [0.25, 0.3) is 0 Å². The van der Waals surface area contributed by atoms with Crippen LogP contribution in [0.5, 0.6) is 5.75 Å². The molecule has 0 N–H and O–H groups in total. The highest BCUT2D eigenvalue weighted by Crippen LogP contribution is 2.47. The van der Waals surface area contributed by atoms with Crippen LogP contribution in [0.4, 0.5) is 10.6 Å². The van der Waals surface area contributed by atoms with Gasteiger partial charge >= 0.3 is 6.09 Å². The van der Waals surface area contributed by atoms with Crippen LogP contribution >= 0.6 is 0 Å². The van der Waals surface area contributed by atoms with E-state index in [4.69, 9.17) is 9.47 Å². The van der Waals surface area contributed by atoms with Gasteiger partial charge in [0.05, 0.1) is 48.8 Å². The number of rotatable bonds is 4. The maximum absolute atomic E-state index is 12.8. The summed E-state index contributed by atoms with van der Waals surface area (Å²) in [6.07, 6.45) is 6.71. The van der Waals surface area contributed by atoms with E-state index < -0.39 is 5.60 Å². The molecule has 164 valence electrons. The Kier molecular flexibility index (Phi) is 4.77. The molecule has 1 aromatic carbocycles. The number of benzene rings is 1. The Morgan fingerprint density at radius 2 is 2.12 bits per heavy atom. The van der Waals surface area contributed by atoms with Crippen LogP contribution in [0.15, 0.2) is 42.9 Å². The molecule has 3 aromatic rings. The number of ether oxygens (including phenoxy) is 2. The highest BCUT2D eigenvalue weighted by atomic mass is 16.6. The van der Waals surface area contributed by atoms with Crippen LogP contribution in [-0.4, -0.2) is 39.9 Å². The molecule has 1 saturated heterocycles. The molecule has 5 rings (SSSR count). The number of anilines is 1. The first-order valence-corrected chi connectivity index (χ1v) is 10.8. The van der Waals surface area contributed by atoms with Crippen molar-refractivity contribution in [2.75, 3.05) is 18.6 Å². The number of methoxy groups -OCH3 is 1. The minimum atomic E-state index is -0.528. The van der Waals surface area contributed by atoms with Crippen molar-refractivity contribution in [2.24, 2.45) is 5.41 Å². The Balaban J connectivity index is 1.38. The van der Waals surface area contributed by atoms with Gasteiger partial charge < -0.3 is 14.0 Å². The molecule has 1 aliphatic heterocycles. The molecule has 2 aromatic heterocycles. The minimum absolute atomic E-state index is 0.0713. The molecule has 1 amide bonds. The van der Waals surface area contributed by atoms with Crippen molar-refractivity contribution in [3.63, 3.8) is 0 Å². The molecule has 2 aliphatic rings. The van der Waals surface area contributed by atoms with E-state index in [-0.39, 0.29) is 11.5 Å². The van der Waals surface area contributed by atoms with Gasteiger partial charge in [0, 0.05) is 6.54 Å². The molecular formula is C24H25N5O3. The van der Waals surface area contributed by atoms with E-state index in [0.717, 1.165) is 43.3 Å². The second-order valence-electron chi connectivity index (χ2n) is 9.22. The highest BCUT2D eigenvalue weighted by molar-refractivity contribution is 5.89. The van der Waals surface area contributed by atoms with Gasteiger partial charge in [-0.1, -0.05) is 6.92 Å². The van der Waals surface area contributed by atoms with Crippen LogP contribution in [0.3, 0.4) is 0 Å². The molecule has 8 heteroatoms. The quantitative estimate of drug-likeness (QED) is 0.612. The normalized spacial score (nSPS) is 25.2. The van der Waals surface area contributed by atoms with E-state index in [0.29, 0.717) is 23.7 Å². The molecule has 32 heavy (non-hydrogen) atoms. The maximum atomic E-state index is 12.8. The van der Waals surface area contributed by atoms with Crippen LogP contribution in [0, 0.1) is 16.7 Å². The zero-order chi connectivity index (χ0) is 22.3. The number of nitrogens with zero attached hydrogens (tertiary/aromatic N) is 5. The van der Waals surface area contributed by atoms with Gasteiger partial charge in [-0.2, -0.15) is 5.26 Å². The molecule has 1 spiro atoms. The molecule has 0 bridgehead atoms. The van der Waals surface area contributed by atoms with E-state index in [1.165, 1.54) is 0 Å².